The number of sulfonamides is 1. The zero-order valence-electron chi connectivity index (χ0n) is 16.5. The lowest BCUT2D eigenvalue weighted by molar-refractivity contribution is 0.601. The van der Waals surface area contributed by atoms with Crippen molar-refractivity contribution in [2.75, 3.05) is 4.72 Å². The molecule has 2 heterocycles. The van der Waals surface area contributed by atoms with E-state index in [-0.39, 0.29) is 4.90 Å². The van der Waals surface area contributed by atoms with E-state index in [1.807, 2.05) is 31.2 Å². The molecule has 0 saturated heterocycles. The molecule has 148 valence electrons. The number of benzene rings is 2. The van der Waals surface area contributed by atoms with E-state index in [0.29, 0.717) is 22.3 Å². The van der Waals surface area contributed by atoms with Gasteiger partial charge in [0.05, 0.1) is 11.2 Å². The lowest BCUT2D eigenvalue weighted by atomic mass is 10.1. The second-order valence-corrected chi connectivity index (χ2v) is 8.56. The summed E-state index contributed by atoms with van der Waals surface area (Å²) in [5, 5.41) is 0.767. The minimum absolute atomic E-state index is 0.172. The molecule has 0 atom stereocenters. The van der Waals surface area contributed by atoms with E-state index in [4.69, 9.17) is 0 Å². The molecule has 4 rings (SSSR count). The number of anilines is 1. The van der Waals surface area contributed by atoms with Crippen LogP contribution in [0.25, 0.3) is 10.9 Å². The van der Waals surface area contributed by atoms with Crippen LogP contribution in [0.3, 0.4) is 0 Å². The van der Waals surface area contributed by atoms with Crippen molar-refractivity contribution in [1.82, 2.24) is 9.97 Å². The molecule has 2 aromatic heterocycles. The fourth-order valence-corrected chi connectivity index (χ4v) is 4.68. The van der Waals surface area contributed by atoms with Crippen LogP contribution >= 0.6 is 0 Å². The SMILES string of the molecule is Cc1cncc(C#Cc2ccccc2NS(=O)(=O)c2c(C)ccc3cccnc23)c1. The van der Waals surface area contributed by atoms with Gasteiger partial charge in [0.15, 0.2) is 0 Å². The zero-order chi connectivity index (χ0) is 21.1. The average molecular weight is 414 g/mol. The molecule has 0 amide bonds. The molecule has 0 saturated carbocycles. The highest BCUT2D eigenvalue weighted by Crippen LogP contribution is 2.27. The summed E-state index contributed by atoms with van der Waals surface area (Å²) in [4.78, 5) is 8.61. The number of nitrogens with zero attached hydrogens (tertiary/aromatic N) is 2. The van der Waals surface area contributed by atoms with Crippen molar-refractivity contribution >= 4 is 26.6 Å². The summed E-state index contributed by atoms with van der Waals surface area (Å²) < 4.78 is 29.3. The third kappa shape index (κ3) is 4.02. The molecule has 0 aliphatic rings. The van der Waals surface area contributed by atoms with Crippen LogP contribution in [-0.4, -0.2) is 18.4 Å². The minimum atomic E-state index is -3.88. The van der Waals surface area contributed by atoms with E-state index in [1.54, 1.807) is 55.8 Å². The van der Waals surface area contributed by atoms with Crippen LogP contribution < -0.4 is 4.72 Å². The number of aromatic nitrogens is 2. The first-order valence-electron chi connectivity index (χ1n) is 9.34. The molecule has 2 aromatic carbocycles. The lowest BCUT2D eigenvalue weighted by Gasteiger charge is -2.13. The second-order valence-electron chi connectivity index (χ2n) is 6.94. The van der Waals surface area contributed by atoms with Gasteiger partial charge in [-0.25, -0.2) is 8.42 Å². The Morgan fingerprint density at radius 1 is 0.933 bits per heavy atom. The maximum Gasteiger partial charge on any atom is 0.264 e. The Labute approximate surface area is 175 Å². The van der Waals surface area contributed by atoms with Gasteiger partial charge in [-0.15, -0.1) is 0 Å². The number of aryl methyl sites for hydroxylation is 2. The fraction of sp³-hybridized carbons (Fsp3) is 0.0833. The summed E-state index contributed by atoms with van der Waals surface area (Å²) in [6.45, 7) is 3.71. The molecule has 0 spiro atoms. The average Bonchev–Trinajstić information content (AvgIpc) is 2.72. The van der Waals surface area contributed by atoms with E-state index < -0.39 is 10.0 Å². The number of rotatable bonds is 3. The number of hydrogen-bond acceptors (Lipinski definition) is 4. The Hall–Kier alpha value is -3.69. The van der Waals surface area contributed by atoms with Crippen LogP contribution in [0.4, 0.5) is 5.69 Å². The van der Waals surface area contributed by atoms with Crippen LogP contribution in [0.15, 0.2) is 78.1 Å². The van der Waals surface area contributed by atoms with Gasteiger partial charge in [-0.1, -0.05) is 42.2 Å². The molecule has 0 aliphatic heterocycles. The molecule has 0 unspecified atom stereocenters. The highest BCUT2D eigenvalue weighted by molar-refractivity contribution is 7.93. The van der Waals surface area contributed by atoms with Crippen molar-refractivity contribution < 1.29 is 8.42 Å². The standard InChI is InChI=1S/C24H19N3O2S/c1-17-14-19(16-25-15-17)10-12-20-6-3-4-8-22(20)27-30(28,29)24-18(2)9-11-21-7-5-13-26-23(21)24/h3-9,11,13-16,27H,1-2H3. The van der Waals surface area contributed by atoms with Gasteiger partial charge >= 0.3 is 0 Å². The topological polar surface area (TPSA) is 72.0 Å². The van der Waals surface area contributed by atoms with E-state index in [0.717, 1.165) is 16.5 Å². The maximum absolute atomic E-state index is 13.3. The summed E-state index contributed by atoms with van der Waals surface area (Å²) in [5.41, 5.74) is 3.84. The highest BCUT2D eigenvalue weighted by Gasteiger charge is 2.22. The molecule has 5 nitrogen and oxygen atoms in total. The predicted octanol–water partition coefficient (Wildman–Crippen LogP) is 4.45. The van der Waals surface area contributed by atoms with Crippen LogP contribution in [-0.2, 0) is 10.0 Å². The Kier molecular flexibility index (Phi) is 5.21. The number of pyridine rings is 2. The summed E-state index contributed by atoms with van der Waals surface area (Å²) in [6, 6.07) is 16.3. The van der Waals surface area contributed by atoms with Gasteiger partial charge in [0.2, 0.25) is 0 Å². The van der Waals surface area contributed by atoms with E-state index in [1.165, 1.54) is 0 Å². The first-order chi connectivity index (χ1) is 14.4. The summed E-state index contributed by atoms with van der Waals surface area (Å²) in [7, 11) is -3.88. The normalized spacial score (nSPS) is 11.0. The van der Waals surface area contributed by atoms with Crippen LogP contribution in [0, 0.1) is 25.7 Å². The van der Waals surface area contributed by atoms with Crippen LogP contribution in [0.1, 0.15) is 22.3 Å². The van der Waals surface area contributed by atoms with Gasteiger partial charge in [-0.3, -0.25) is 14.7 Å². The van der Waals surface area contributed by atoms with Crippen molar-refractivity contribution in [1.29, 1.82) is 0 Å². The van der Waals surface area contributed by atoms with Gasteiger partial charge < -0.3 is 0 Å². The van der Waals surface area contributed by atoms with Crippen LogP contribution in [0.2, 0.25) is 0 Å². The molecule has 1 N–H and O–H groups in total. The van der Waals surface area contributed by atoms with Gasteiger partial charge in [0, 0.05) is 35.1 Å². The van der Waals surface area contributed by atoms with Gasteiger partial charge in [-0.05, 0) is 49.2 Å². The molecule has 0 fully saturated rings. The molecule has 0 radical (unpaired) electrons. The largest absolute Gasteiger partial charge is 0.278 e. The first kappa shape index (κ1) is 19.6. The zero-order valence-corrected chi connectivity index (χ0v) is 17.4. The fourth-order valence-electron chi connectivity index (χ4n) is 3.20. The summed E-state index contributed by atoms with van der Waals surface area (Å²) >= 11 is 0. The highest BCUT2D eigenvalue weighted by atomic mass is 32.2. The van der Waals surface area contributed by atoms with Gasteiger partial charge in [0.25, 0.3) is 10.0 Å². The first-order valence-corrected chi connectivity index (χ1v) is 10.8. The quantitative estimate of drug-likeness (QED) is 0.504. The number of fused-ring (bicyclic) bond motifs is 1. The third-order valence-corrected chi connectivity index (χ3v) is 6.12. The van der Waals surface area contributed by atoms with E-state index in [9.17, 15) is 8.42 Å². The predicted molar refractivity (Wildman–Crippen MR) is 119 cm³/mol. The summed E-state index contributed by atoms with van der Waals surface area (Å²) in [6.07, 6.45) is 5.03. The lowest BCUT2D eigenvalue weighted by Crippen LogP contribution is -2.16. The van der Waals surface area contributed by atoms with Crippen molar-refractivity contribution in [3.05, 3.63) is 95.4 Å². The van der Waals surface area contributed by atoms with Crippen molar-refractivity contribution in [3.63, 3.8) is 0 Å². The minimum Gasteiger partial charge on any atom is -0.278 e. The molecule has 4 aromatic rings. The van der Waals surface area contributed by atoms with Crippen molar-refractivity contribution in [2.45, 2.75) is 18.7 Å². The van der Waals surface area contributed by atoms with Crippen molar-refractivity contribution in [3.8, 4) is 11.8 Å². The Balaban J connectivity index is 1.75. The molecule has 0 bridgehead atoms. The molecule has 0 aliphatic carbocycles. The van der Waals surface area contributed by atoms with Crippen LogP contribution in [0.5, 0.6) is 0 Å². The van der Waals surface area contributed by atoms with Crippen molar-refractivity contribution in [2.24, 2.45) is 0 Å². The molecule has 30 heavy (non-hydrogen) atoms. The van der Waals surface area contributed by atoms with E-state index in [2.05, 4.69) is 26.5 Å². The second kappa shape index (κ2) is 7.97. The van der Waals surface area contributed by atoms with Gasteiger partial charge in [0.1, 0.15) is 4.90 Å². The van der Waals surface area contributed by atoms with Gasteiger partial charge in [-0.2, -0.15) is 0 Å². The number of para-hydroxylation sites is 1. The number of nitrogens with one attached hydrogen (secondary N) is 1. The van der Waals surface area contributed by atoms with E-state index >= 15 is 0 Å². The Bertz CT molecular complexity index is 1420. The third-order valence-electron chi connectivity index (χ3n) is 4.58. The Morgan fingerprint density at radius 3 is 2.60 bits per heavy atom. The summed E-state index contributed by atoms with van der Waals surface area (Å²) in [5.74, 6) is 6.10. The smallest absolute Gasteiger partial charge is 0.264 e. The Morgan fingerprint density at radius 2 is 1.77 bits per heavy atom. The molecular formula is C24H19N3O2S. The number of hydrogen-bond donors (Lipinski definition) is 1. The molecule has 6 heteroatoms. The maximum atomic E-state index is 13.3. The monoisotopic (exact) mass is 413 g/mol. The molecular weight excluding hydrogens is 394 g/mol.